The molecule has 6 heteroatoms. The van der Waals surface area contributed by atoms with Gasteiger partial charge in [0, 0.05) is 5.69 Å². The molecule has 0 aliphatic rings. The first kappa shape index (κ1) is 13.1. The Morgan fingerprint density at radius 3 is 2.84 bits per heavy atom. The quantitative estimate of drug-likeness (QED) is 0.925. The molecule has 1 N–H and O–H groups in total. The minimum atomic E-state index is -1.09. The van der Waals surface area contributed by atoms with Crippen molar-refractivity contribution in [2.24, 2.45) is 0 Å². The van der Waals surface area contributed by atoms with Crippen LogP contribution in [0.25, 0.3) is 0 Å². The fraction of sp³-hybridized carbons (Fsp3) is 0.154. The van der Waals surface area contributed by atoms with Gasteiger partial charge in [-0.1, -0.05) is 23.5 Å². The molecule has 2 rings (SSSR count). The Bertz CT molecular complexity index is 737. The predicted molar refractivity (Wildman–Crippen MR) is 70.5 cm³/mol. The Hall–Kier alpha value is -2.39. The molecule has 0 unspecified atom stereocenters. The summed E-state index contributed by atoms with van der Waals surface area (Å²) in [7, 11) is 0. The van der Waals surface area contributed by atoms with E-state index >= 15 is 0 Å². The highest BCUT2D eigenvalue weighted by molar-refractivity contribution is 7.11. The van der Waals surface area contributed by atoms with Crippen LogP contribution in [-0.4, -0.2) is 15.6 Å². The Morgan fingerprint density at radius 1 is 1.53 bits per heavy atom. The van der Waals surface area contributed by atoms with E-state index in [1.165, 1.54) is 4.57 Å². The average molecular weight is 274 g/mol. The van der Waals surface area contributed by atoms with Crippen LogP contribution in [0.4, 0.5) is 0 Å². The molecule has 5 nitrogen and oxygen atoms in total. The van der Waals surface area contributed by atoms with E-state index in [0.29, 0.717) is 11.3 Å². The lowest BCUT2D eigenvalue weighted by molar-refractivity contribution is 0.0700. The molecule has 0 saturated heterocycles. The fourth-order valence-electron chi connectivity index (χ4n) is 1.78. The second-order valence-electron chi connectivity index (χ2n) is 3.99. The summed E-state index contributed by atoms with van der Waals surface area (Å²) < 4.78 is 1.41. The van der Waals surface area contributed by atoms with Crippen LogP contribution in [0.2, 0.25) is 0 Å². The SMILES string of the molecule is Cc1c(C(=O)O)sc(=O)n1Cc1cccc(C#N)c1. The summed E-state index contributed by atoms with van der Waals surface area (Å²) in [5.74, 6) is -1.09. The summed E-state index contributed by atoms with van der Waals surface area (Å²) in [6.45, 7) is 1.87. The van der Waals surface area contributed by atoms with Gasteiger partial charge in [0.15, 0.2) is 0 Å². The van der Waals surface area contributed by atoms with E-state index in [4.69, 9.17) is 10.4 Å². The highest BCUT2D eigenvalue weighted by Gasteiger charge is 2.16. The third kappa shape index (κ3) is 2.56. The topological polar surface area (TPSA) is 83.1 Å². The largest absolute Gasteiger partial charge is 0.477 e. The highest BCUT2D eigenvalue weighted by atomic mass is 32.1. The number of hydrogen-bond acceptors (Lipinski definition) is 4. The van der Waals surface area contributed by atoms with Gasteiger partial charge in [-0.2, -0.15) is 5.26 Å². The van der Waals surface area contributed by atoms with Crippen LogP contribution < -0.4 is 4.87 Å². The van der Waals surface area contributed by atoms with Gasteiger partial charge in [0.2, 0.25) is 0 Å². The van der Waals surface area contributed by atoms with Gasteiger partial charge in [0.05, 0.1) is 18.2 Å². The molecular weight excluding hydrogens is 264 g/mol. The molecule has 1 heterocycles. The van der Waals surface area contributed by atoms with E-state index in [9.17, 15) is 9.59 Å². The molecule has 1 aromatic carbocycles. The number of nitriles is 1. The molecule has 0 atom stereocenters. The van der Waals surface area contributed by atoms with Crippen molar-refractivity contribution in [3.8, 4) is 6.07 Å². The molecule has 19 heavy (non-hydrogen) atoms. The van der Waals surface area contributed by atoms with Gasteiger partial charge in [-0.05, 0) is 24.6 Å². The number of benzene rings is 1. The number of rotatable bonds is 3. The van der Waals surface area contributed by atoms with E-state index in [1.54, 1.807) is 31.2 Å². The maximum absolute atomic E-state index is 11.8. The number of carbonyl (C=O) groups is 1. The van der Waals surface area contributed by atoms with Crippen molar-refractivity contribution >= 4 is 17.3 Å². The molecule has 0 spiro atoms. The standard InChI is InChI=1S/C13H10N2O3S/c1-8-11(12(16)17)19-13(18)15(8)7-10-4-2-3-9(5-10)6-14/h2-5H,7H2,1H3,(H,16,17). The monoisotopic (exact) mass is 274 g/mol. The van der Waals surface area contributed by atoms with Crippen molar-refractivity contribution in [1.82, 2.24) is 4.57 Å². The molecule has 0 saturated carbocycles. The maximum atomic E-state index is 11.8. The van der Waals surface area contributed by atoms with Crippen LogP contribution in [-0.2, 0) is 6.54 Å². The van der Waals surface area contributed by atoms with Crippen molar-refractivity contribution in [2.75, 3.05) is 0 Å². The van der Waals surface area contributed by atoms with Crippen LogP contribution in [0, 0.1) is 18.3 Å². The number of hydrogen-bond donors (Lipinski definition) is 1. The lowest BCUT2D eigenvalue weighted by atomic mass is 10.1. The Labute approximate surface area is 113 Å². The Morgan fingerprint density at radius 2 is 2.26 bits per heavy atom. The van der Waals surface area contributed by atoms with Crippen LogP contribution in [0.1, 0.15) is 26.5 Å². The van der Waals surface area contributed by atoms with Crippen LogP contribution in [0.15, 0.2) is 29.1 Å². The van der Waals surface area contributed by atoms with Gasteiger partial charge in [0.1, 0.15) is 4.88 Å². The lowest BCUT2D eigenvalue weighted by Crippen LogP contribution is -2.15. The molecule has 0 bridgehead atoms. The van der Waals surface area contributed by atoms with Crippen LogP contribution >= 0.6 is 11.3 Å². The highest BCUT2D eigenvalue weighted by Crippen LogP contribution is 2.14. The predicted octanol–water partition coefficient (Wildman–Crippen LogP) is 1.84. The molecule has 0 aliphatic heterocycles. The number of thiazole rings is 1. The second kappa shape index (κ2) is 5.08. The van der Waals surface area contributed by atoms with E-state index in [0.717, 1.165) is 16.9 Å². The van der Waals surface area contributed by atoms with Crippen molar-refractivity contribution in [1.29, 1.82) is 5.26 Å². The lowest BCUT2D eigenvalue weighted by Gasteiger charge is -2.05. The van der Waals surface area contributed by atoms with Crippen LogP contribution in [0.5, 0.6) is 0 Å². The zero-order valence-corrected chi connectivity index (χ0v) is 10.9. The molecule has 0 radical (unpaired) electrons. The molecule has 2 aromatic rings. The molecule has 1 aromatic heterocycles. The minimum absolute atomic E-state index is 0.0569. The second-order valence-corrected chi connectivity index (χ2v) is 4.95. The first-order valence-corrected chi connectivity index (χ1v) is 6.27. The summed E-state index contributed by atoms with van der Waals surface area (Å²) in [6, 6.07) is 8.92. The van der Waals surface area contributed by atoms with E-state index in [2.05, 4.69) is 0 Å². The smallest absolute Gasteiger partial charge is 0.347 e. The first-order valence-electron chi connectivity index (χ1n) is 5.45. The third-order valence-electron chi connectivity index (χ3n) is 2.73. The number of carboxylic acids is 1. The summed E-state index contributed by atoms with van der Waals surface area (Å²) in [5.41, 5.74) is 1.74. The molecule has 0 amide bonds. The van der Waals surface area contributed by atoms with Crippen molar-refractivity contribution < 1.29 is 9.90 Å². The van der Waals surface area contributed by atoms with Gasteiger partial charge < -0.3 is 5.11 Å². The normalized spacial score (nSPS) is 10.1. The molecule has 0 aliphatic carbocycles. The zero-order valence-electron chi connectivity index (χ0n) is 10.1. The number of nitrogens with zero attached hydrogens (tertiary/aromatic N) is 2. The van der Waals surface area contributed by atoms with Gasteiger partial charge in [0.25, 0.3) is 0 Å². The maximum Gasteiger partial charge on any atom is 0.347 e. The van der Waals surface area contributed by atoms with Gasteiger partial charge in [-0.15, -0.1) is 0 Å². The Kier molecular flexibility index (Phi) is 3.49. The van der Waals surface area contributed by atoms with Gasteiger partial charge >= 0.3 is 10.8 Å². The molecular formula is C13H10N2O3S. The fourth-order valence-corrected chi connectivity index (χ4v) is 2.61. The summed E-state index contributed by atoms with van der Waals surface area (Å²) in [4.78, 5) is 22.5. The van der Waals surface area contributed by atoms with Crippen LogP contribution in [0.3, 0.4) is 0 Å². The van der Waals surface area contributed by atoms with Gasteiger partial charge in [-0.3, -0.25) is 9.36 Å². The summed E-state index contributed by atoms with van der Waals surface area (Å²) >= 11 is 0.721. The van der Waals surface area contributed by atoms with Crippen molar-refractivity contribution in [3.63, 3.8) is 0 Å². The number of aromatic carboxylic acids is 1. The minimum Gasteiger partial charge on any atom is -0.477 e. The van der Waals surface area contributed by atoms with Crippen molar-refractivity contribution in [2.45, 2.75) is 13.5 Å². The summed E-state index contributed by atoms with van der Waals surface area (Å²) in [6.07, 6.45) is 0. The van der Waals surface area contributed by atoms with Crippen molar-refractivity contribution in [3.05, 3.63) is 55.6 Å². The van der Waals surface area contributed by atoms with E-state index in [1.807, 2.05) is 6.07 Å². The Balaban J connectivity index is 2.41. The van der Waals surface area contributed by atoms with E-state index < -0.39 is 5.97 Å². The number of aromatic nitrogens is 1. The molecule has 96 valence electrons. The zero-order chi connectivity index (χ0) is 14.0. The third-order valence-corrected chi connectivity index (χ3v) is 3.80. The average Bonchev–Trinajstić information content (AvgIpc) is 2.67. The molecule has 0 fully saturated rings. The van der Waals surface area contributed by atoms with Gasteiger partial charge in [-0.25, -0.2) is 4.79 Å². The first-order chi connectivity index (χ1) is 9.02. The van der Waals surface area contributed by atoms with E-state index in [-0.39, 0.29) is 16.3 Å². The summed E-state index contributed by atoms with van der Waals surface area (Å²) in [5, 5.41) is 17.8. The number of carboxylic acid groups (broad SMARTS) is 1.